The van der Waals surface area contributed by atoms with E-state index >= 15 is 0 Å². The van der Waals surface area contributed by atoms with Crippen molar-refractivity contribution in [2.24, 2.45) is 0 Å². The monoisotopic (exact) mass is 330 g/mol. The SMILES string of the molecule is COC(=O)C(NC(=O)Nc1ccccc1SC)c1ccccc1. The van der Waals surface area contributed by atoms with Gasteiger partial charge in [-0.15, -0.1) is 11.8 Å². The molecule has 2 amide bonds. The van der Waals surface area contributed by atoms with E-state index in [-0.39, 0.29) is 0 Å². The van der Waals surface area contributed by atoms with Gasteiger partial charge in [-0.1, -0.05) is 42.5 Å². The third-order valence-corrected chi connectivity index (χ3v) is 4.00. The van der Waals surface area contributed by atoms with Gasteiger partial charge in [-0.3, -0.25) is 0 Å². The van der Waals surface area contributed by atoms with Crippen molar-refractivity contribution in [1.82, 2.24) is 5.32 Å². The lowest BCUT2D eigenvalue weighted by molar-refractivity contribution is -0.143. The van der Waals surface area contributed by atoms with Gasteiger partial charge >= 0.3 is 12.0 Å². The minimum Gasteiger partial charge on any atom is -0.467 e. The van der Waals surface area contributed by atoms with E-state index in [1.807, 2.05) is 30.5 Å². The average Bonchev–Trinajstić information content (AvgIpc) is 2.60. The number of hydrogen-bond acceptors (Lipinski definition) is 4. The number of amides is 2. The molecular formula is C17H18N2O3S. The van der Waals surface area contributed by atoms with Crippen LogP contribution < -0.4 is 10.6 Å². The maximum Gasteiger partial charge on any atom is 0.333 e. The number of anilines is 1. The topological polar surface area (TPSA) is 67.4 Å². The van der Waals surface area contributed by atoms with Crippen molar-refractivity contribution in [3.05, 3.63) is 60.2 Å². The summed E-state index contributed by atoms with van der Waals surface area (Å²) in [5, 5.41) is 5.41. The van der Waals surface area contributed by atoms with Crippen molar-refractivity contribution in [2.45, 2.75) is 10.9 Å². The Hall–Kier alpha value is -2.47. The summed E-state index contributed by atoms with van der Waals surface area (Å²) in [5.41, 5.74) is 1.35. The number of thioether (sulfide) groups is 1. The molecule has 0 aromatic heterocycles. The smallest absolute Gasteiger partial charge is 0.333 e. The lowest BCUT2D eigenvalue weighted by Crippen LogP contribution is -2.37. The van der Waals surface area contributed by atoms with Crippen LogP contribution in [0.5, 0.6) is 0 Å². The Balaban J connectivity index is 2.13. The Kier molecular flexibility index (Phi) is 6.05. The Morgan fingerprint density at radius 1 is 1.04 bits per heavy atom. The van der Waals surface area contributed by atoms with Gasteiger partial charge in [0.05, 0.1) is 12.8 Å². The zero-order valence-corrected chi connectivity index (χ0v) is 13.7. The summed E-state index contributed by atoms with van der Waals surface area (Å²) in [5.74, 6) is -0.524. The highest BCUT2D eigenvalue weighted by Gasteiger charge is 2.23. The van der Waals surface area contributed by atoms with Crippen LogP contribution >= 0.6 is 11.8 Å². The molecule has 0 aliphatic rings. The number of benzene rings is 2. The number of nitrogens with one attached hydrogen (secondary N) is 2. The molecule has 0 aliphatic heterocycles. The van der Waals surface area contributed by atoms with E-state index in [1.54, 1.807) is 30.3 Å². The first-order chi connectivity index (χ1) is 11.2. The molecule has 0 fully saturated rings. The lowest BCUT2D eigenvalue weighted by Gasteiger charge is -2.18. The maximum absolute atomic E-state index is 12.2. The number of carbonyl (C=O) groups is 2. The molecule has 6 heteroatoms. The van der Waals surface area contributed by atoms with E-state index in [0.29, 0.717) is 11.3 Å². The second-order valence-electron chi connectivity index (χ2n) is 4.67. The number of urea groups is 1. The van der Waals surface area contributed by atoms with Crippen molar-refractivity contribution in [1.29, 1.82) is 0 Å². The minimum atomic E-state index is -0.859. The molecular weight excluding hydrogens is 312 g/mol. The highest BCUT2D eigenvalue weighted by molar-refractivity contribution is 7.98. The van der Waals surface area contributed by atoms with Gasteiger partial charge in [0.25, 0.3) is 0 Å². The van der Waals surface area contributed by atoms with Crippen LogP contribution in [0.3, 0.4) is 0 Å². The normalized spacial score (nSPS) is 11.4. The maximum atomic E-state index is 12.2. The highest BCUT2D eigenvalue weighted by atomic mass is 32.2. The molecule has 5 nitrogen and oxygen atoms in total. The molecule has 0 saturated heterocycles. The molecule has 2 N–H and O–H groups in total. The summed E-state index contributed by atoms with van der Waals surface area (Å²) in [6.45, 7) is 0. The number of carbonyl (C=O) groups excluding carboxylic acids is 2. The van der Waals surface area contributed by atoms with Crippen molar-refractivity contribution in [2.75, 3.05) is 18.7 Å². The number of rotatable bonds is 5. The lowest BCUT2D eigenvalue weighted by atomic mass is 10.1. The molecule has 23 heavy (non-hydrogen) atoms. The largest absolute Gasteiger partial charge is 0.467 e. The molecule has 2 rings (SSSR count). The third kappa shape index (κ3) is 4.50. The van der Waals surface area contributed by atoms with Gasteiger partial charge in [0, 0.05) is 4.90 Å². The summed E-state index contributed by atoms with van der Waals surface area (Å²) < 4.78 is 4.78. The summed E-state index contributed by atoms with van der Waals surface area (Å²) >= 11 is 1.53. The van der Waals surface area contributed by atoms with Crippen molar-refractivity contribution >= 4 is 29.4 Å². The molecule has 0 aliphatic carbocycles. The average molecular weight is 330 g/mol. The van der Waals surface area contributed by atoms with Crippen molar-refractivity contribution < 1.29 is 14.3 Å². The summed E-state index contributed by atoms with van der Waals surface area (Å²) in [6.07, 6.45) is 1.93. The van der Waals surface area contributed by atoms with Crippen LogP contribution in [-0.4, -0.2) is 25.4 Å². The van der Waals surface area contributed by atoms with Crippen LogP contribution in [0.2, 0.25) is 0 Å². The number of esters is 1. The molecule has 0 radical (unpaired) electrons. The van der Waals surface area contributed by atoms with E-state index in [1.165, 1.54) is 18.9 Å². The number of hydrogen-bond donors (Lipinski definition) is 2. The molecule has 0 saturated carbocycles. The Morgan fingerprint density at radius 2 is 1.70 bits per heavy atom. The number of ether oxygens (including phenoxy) is 1. The Labute approximate surface area is 139 Å². The van der Waals surface area contributed by atoms with Gasteiger partial charge in [-0.05, 0) is 24.0 Å². The van der Waals surface area contributed by atoms with E-state index in [4.69, 9.17) is 4.74 Å². The van der Waals surface area contributed by atoms with Crippen LogP contribution in [-0.2, 0) is 9.53 Å². The fourth-order valence-corrected chi connectivity index (χ4v) is 2.63. The second-order valence-corrected chi connectivity index (χ2v) is 5.51. The fraction of sp³-hybridized carbons (Fsp3) is 0.176. The first-order valence-corrected chi connectivity index (χ1v) is 8.21. The standard InChI is InChI=1S/C17H18N2O3S/c1-22-16(20)15(12-8-4-3-5-9-12)19-17(21)18-13-10-6-7-11-14(13)23-2/h3-11,15H,1-2H3,(H2,18,19,21). The van der Waals surface area contributed by atoms with Crippen LogP contribution in [0.25, 0.3) is 0 Å². The van der Waals surface area contributed by atoms with Crippen LogP contribution in [0.1, 0.15) is 11.6 Å². The van der Waals surface area contributed by atoms with Gasteiger partial charge in [0.15, 0.2) is 6.04 Å². The Morgan fingerprint density at radius 3 is 2.35 bits per heavy atom. The third-order valence-electron chi connectivity index (χ3n) is 3.20. The number of para-hydroxylation sites is 1. The van der Waals surface area contributed by atoms with Crippen LogP contribution in [0.4, 0.5) is 10.5 Å². The first kappa shape index (κ1) is 16.9. The van der Waals surface area contributed by atoms with E-state index < -0.39 is 18.0 Å². The zero-order valence-electron chi connectivity index (χ0n) is 12.9. The predicted octanol–water partition coefficient (Wildman–Crippen LogP) is 3.44. The minimum absolute atomic E-state index is 0.467. The van der Waals surface area contributed by atoms with Gasteiger partial charge in [0.1, 0.15) is 0 Å². The van der Waals surface area contributed by atoms with Gasteiger partial charge in [-0.2, -0.15) is 0 Å². The molecule has 0 spiro atoms. The van der Waals surface area contributed by atoms with Gasteiger partial charge in [0.2, 0.25) is 0 Å². The molecule has 1 atom stereocenters. The van der Waals surface area contributed by atoms with Crippen molar-refractivity contribution in [3.63, 3.8) is 0 Å². The summed E-state index contributed by atoms with van der Waals surface area (Å²) in [7, 11) is 1.29. The fourth-order valence-electron chi connectivity index (χ4n) is 2.08. The molecule has 2 aromatic rings. The molecule has 0 bridgehead atoms. The van der Waals surface area contributed by atoms with Gasteiger partial charge < -0.3 is 15.4 Å². The molecule has 120 valence electrons. The molecule has 1 unspecified atom stereocenters. The Bertz CT molecular complexity index is 677. The number of methoxy groups -OCH3 is 1. The van der Waals surface area contributed by atoms with E-state index in [0.717, 1.165) is 4.90 Å². The second kappa shape index (κ2) is 8.24. The van der Waals surface area contributed by atoms with E-state index in [9.17, 15) is 9.59 Å². The zero-order chi connectivity index (χ0) is 16.7. The van der Waals surface area contributed by atoms with Crippen molar-refractivity contribution in [3.8, 4) is 0 Å². The molecule has 2 aromatic carbocycles. The molecule has 0 heterocycles. The summed E-state index contributed by atoms with van der Waals surface area (Å²) in [4.78, 5) is 25.1. The summed E-state index contributed by atoms with van der Waals surface area (Å²) in [6, 6.07) is 15.1. The predicted molar refractivity (Wildman–Crippen MR) is 91.6 cm³/mol. The quantitative estimate of drug-likeness (QED) is 0.651. The van der Waals surface area contributed by atoms with Crippen LogP contribution in [0.15, 0.2) is 59.5 Å². The van der Waals surface area contributed by atoms with Gasteiger partial charge in [-0.25, -0.2) is 9.59 Å². The van der Waals surface area contributed by atoms with Crippen LogP contribution in [0, 0.1) is 0 Å². The first-order valence-electron chi connectivity index (χ1n) is 6.99. The highest BCUT2D eigenvalue weighted by Crippen LogP contribution is 2.24. The van der Waals surface area contributed by atoms with E-state index in [2.05, 4.69) is 10.6 Å².